The lowest BCUT2D eigenvalue weighted by Gasteiger charge is -2.20. The number of hydrogen-bond donors (Lipinski definition) is 1. The molecule has 110 valence electrons. The standard InChI is InChI=1S/C14H20N2O3S/c1-2-10-16(12-3-4-12)20(17,18)14-7-5-13(6-8-14)19-11-9-15/h2,5-8,12H,1,3-4,9-11,15H2. The number of nitrogens with zero attached hydrogens (tertiary/aromatic N) is 1. The van der Waals surface area contributed by atoms with Crippen molar-refractivity contribution in [1.29, 1.82) is 0 Å². The van der Waals surface area contributed by atoms with Crippen molar-refractivity contribution in [3.05, 3.63) is 36.9 Å². The molecule has 0 unspecified atom stereocenters. The summed E-state index contributed by atoms with van der Waals surface area (Å²) in [6, 6.07) is 6.56. The van der Waals surface area contributed by atoms with Gasteiger partial charge in [0, 0.05) is 19.1 Å². The zero-order chi connectivity index (χ0) is 14.6. The molecule has 1 saturated carbocycles. The third kappa shape index (κ3) is 3.39. The van der Waals surface area contributed by atoms with Gasteiger partial charge in [-0.2, -0.15) is 4.31 Å². The average Bonchev–Trinajstić information content (AvgIpc) is 3.27. The topological polar surface area (TPSA) is 72.6 Å². The average molecular weight is 296 g/mol. The molecule has 0 heterocycles. The minimum absolute atomic E-state index is 0.117. The summed E-state index contributed by atoms with van der Waals surface area (Å²) in [5, 5.41) is 0. The van der Waals surface area contributed by atoms with Crippen LogP contribution in [0.15, 0.2) is 41.8 Å². The van der Waals surface area contributed by atoms with Gasteiger partial charge < -0.3 is 10.5 Å². The van der Waals surface area contributed by atoms with Crippen molar-refractivity contribution >= 4 is 10.0 Å². The molecule has 2 N–H and O–H groups in total. The van der Waals surface area contributed by atoms with Crippen molar-refractivity contribution in [3.63, 3.8) is 0 Å². The second kappa shape index (κ2) is 6.39. The minimum atomic E-state index is -3.46. The largest absolute Gasteiger partial charge is 0.492 e. The van der Waals surface area contributed by atoms with Crippen LogP contribution in [0.1, 0.15) is 12.8 Å². The molecule has 1 aliphatic rings. The summed E-state index contributed by atoms with van der Waals surface area (Å²) in [5.74, 6) is 0.621. The van der Waals surface area contributed by atoms with E-state index in [9.17, 15) is 8.42 Å². The van der Waals surface area contributed by atoms with Crippen LogP contribution in [0.25, 0.3) is 0 Å². The molecule has 0 atom stereocenters. The SMILES string of the molecule is C=CCN(C1CC1)S(=O)(=O)c1ccc(OCCN)cc1. The van der Waals surface area contributed by atoms with E-state index >= 15 is 0 Å². The molecular formula is C14H20N2O3S. The molecule has 0 aromatic heterocycles. The first-order valence-corrected chi connectivity index (χ1v) is 8.09. The summed E-state index contributed by atoms with van der Waals surface area (Å²) < 4.78 is 31.9. The summed E-state index contributed by atoms with van der Waals surface area (Å²) in [4.78, 5) is 0.284. The van der Waals surface area contributed by atoms with Crippen LogP contribution in [-0.4, -0.2) is 38.5 Å². The lowest BCUT2D eigenvalue weighted by atomic mass is 10.3. The number of ether oxygens (including phenoxy) is 1. The Morgan fingerprint density at radius 2 is 2.00 bits per heavy atom. The van der Waals surface area contributed by atoms with Gasteiger partial charge in [0.1, 0.15) is 12.4 Å². The van der Waals surface area contributed by atoms with Gasteiger partial charge in [0.15, 0.2) is 0 Å². The van der Waals surface area contributed by atoms with Crippen molar-refractivity contribution in [2.75, 3.05) is 19.7 Å². The summed E-state index contributed by atoms with van der Waals surface area (Å²) in [6.45, 7) is 4.81. The van der Waals surface area contributed by atoms with E-state index in [1.54, 1.807) is 30.3 Å². The van der Waals surface area contributed by atoms with Crippen molar-refractivity contribution in [1.82, 2.24) is 4.31 Å². The molecule has 0 radical (unpaired) electrons. The lowest BCUT2D eigenvalue weighted by molar-refractivity contribution is 0.328. The van der Waals surface area contributed by atoms with E-state index in [2.05, 4.69) is 6.58 Å². The normalized spacial score (nSPS) is 15.3. The van der Waals surface area contributed by atoms with Crippen molar-refractivity contribution in [2.45, 2.75) is 23.8 Å². The van der Waals surface area contributed by atoms with Crippen LogP contribution < -0.4 is 10.5 Å². The summed E-state index contributed by atoms with van der Waals surface area (Å²) in [7, 11) is -3.46. The maximum absolute atomic E-state index is 12.5. The second-order valence-electron chi connectivity index (χ2n) is 4.70. The van der Waals surface area contributed by atoms with Crippen LogP contribution in [0.3, 0.4) is 0 Å². The quantitative estimate of drug-likeness (QED) is 0.735. The molecule has 20 heavy (non-hydrogen) atoms. The van der Waals surface area contributed by atoms with Crippen LogP contribution in [-0.2, 0) is 10.0 Å². The summed E-state index contributed by atoms with van der Waals surface area (Å²) >= 11 is 0. The summed E-state index contributed by atoms with van der Waals surface area (Å²) in [5.41, 5.74) is 5.35. The molecule has 2 rings (SSSR count). The maximum atomic E-state index is 12.5. The van der Waals surface area contributed by atoms with Crippen molar-refractivity contribution in [2.24, 2.45) is 5.73 Å². The third-order valence-corrected chi connectivity index (χ3v) is 5.01. The molecule has 0 saturated heterocycles. The van der Waals surface area contributed by atoms with Gasteiger partial charge in [0.2, 0.25) is 10.0 Å². The molecule has 1 aromatic carbocycles. The van der Waals surface area contributed by atoms with Crippen molar-refractivity contribution < 1.29 is 13.2 Å². The second-order valence-corrected chi connectivity index (χ2v) is 6.59. The monoisotopic (exact) mass is 296 g/mol. The highest BCUT2D eigenvalue weighted by molar-refractivity contribution is 7.89. The van der Waals surface area contributed by atoms with Gasteiger partial charge in [-0.15, -0.1) is 6.58 Å². The highest BCUT2D eigenvalue weighted by Gasteiger charge is 2.37. The summed E-state index contributed by atoms with van der Waals surface area (Å²) in [6.07, 6.45) is 3.46. The molecule has 5 nitrogen and oxygen atoms in total. The number of rotatable bonds is 8. The highest BCUT2D eigenvalue weighted by Crippen LogP contribution is 2.32. The third-order valence-electron chi connectivity index (χ3n) is 3.08. The number of benzene rings is 1. The van der Waals surface area contributed by atoms with Crippen LogP contribution in [0.4, 0.5) is 0 Å². The highest BCUT2D eigenvalue weighted by atomic mass is 32.2. The smallest absolute Gasteiger partial charge is 0.243 e. The van der Waals surface area contributed by atoms with Gasteiger partial charge in [-0.05, 0) is 37.1 Å². The number of sulfonamides is 1. The van der Waals surface area contributed by atoms with Crippen LogP contribution in [0.5, 0.6) is 5.75 Å². The van der Waals surface area contributed by atoms with E-state index in [0.29, 0.717) is 25.4 Å². The minimum Gasteiger partial charge on any atom is -0.492 e. The Hall–Kier alpha value is -1.37. The number of nitrogens with two attached hydrogens (primary N) is 1. The molecule has 0 aliphatic heterocycles. The van der Waals surface area contributed by atoms with Gasteiger partial charge in [0.25, 0.3) is 0 Å². The molecule has 1 aliphatic carbocycles. The first kappa shape index (κ1) is 15.0. The van der Waals surface area contributed by atoms with Crippen molar-refractivity contribution in [3.8, 4) is 5.75 Å². The van der Waals surface area contributed by atoms with Crippen LogP contribution >= 0.6 is 0 Å². The Bertz CT molecular complexity index is 550. The first-order chi connectivity index (χ1) is 9.59. The van der Waals surface area contributed by atoms with Gasteiger partial charge in [-0.1, -0.05) is 6.08 Å². The van der Waals surface area contributed by atoms with Gasteiger partial charge in [-0.3, -0.25) is 0 Å². The molecule has 0 amide bonds. The predicted octanol–water partition coefficient (Wildman–Crippen LogP) is 1.36. The van der Waals surface area contributed by atoms with Crippen LogP contribution in [0.2, 0.25) is 0 Å². The van der Waals surface area contributed by atoms with E-state index < -0.39 is 10.0 Å². The van der Waals surface area contributed by atoms with E-state index in [1.165, 1.54) is 4.31 Å². The Labute approximate surface area is 120 Å². The molecule has 1 aromatic rings. The maximum Gasteiger partial charge on any atom is 0.243 e. The molecule has 0 spiro atoms. The fourth-order valence-electron chi connectivity index (χ4n) is 1.95. The first-order valence-electron chi connectivity index (χ1n) is 6.65. The van der Waals surface area contributed by atoms with Gasteiger partial charge in [-0.25, -0.2) is 8.42 Å². The molecule has 1 fully saturated rings. The lowest BCUT2D eigenvalue weighted by Crippen LogP contribution is -2.33. The Kier molecular flexibility index (Phi) is 4.80. The van der Waals surface area contributed by atoms with E-state index in [4.69, 9.17) is 10.5 Å². The molecule has 0 bridgehead atoms. The Balaban J connectivity index is 2.17. The number of hydrogen-bond acceptors (Lipinski definition) is 4. The van der Waals surface area contributed by atoms with E-state index in [0.717, 1.165) is 12.8 Å². The predicted molar refractivity (Wildman–Crippen MR) is 78.1 cm³/mol. The zero-order valence-corrected chi connectivity index (χ0v) is 12.2. The van der Waals surface area contributed by atoms with E-state index in [-0.39, 0.29) is 10.9 Å². The molecular weight excluding hydrogens is 276 g/mol. The molecule has 6 heteroatoms. The van der Waals surface area contributed by atoms with E-state index in [1.807, 2.05) is 0 Å². The zero-order valence-electron chi connectivity index (χ0n) is 11.4. The van der Waals surface area contributed by atoms with Gasteiger partial charge in [0.05, 0.1) is 4.90 Å². The fraction of sp³-hybridized carbons (Fsp3) is 0.429. The van der Waals surface area contributed by atoms with Gasteiger partial charge >= 0.3 is 0 Å². The Morgan fingerprint density at radius 3 is 2.50 bits per heavy atom. The fourth-order valence-corrected chi connectivity index (χ4v) is 3.61. The van der Waals surface area contributed by atoms with Crippen LogP contribution in [0, 0.1) is 0 Å². The Morgan fingerprint density at radius 1 is 1.35 bits per heavy atom.